The van der Waals surface area contributed by atoms with Gasteiger partial charge in [-0.2, -0.15) is 0 Å². The smallest absolute Gasteiger partial charge is 0.338 e. The van der Waals surface area contributed by atoms with E-state index in [1.165, 1.54) is 0 Å². The minimum Gasteiger partial charge on any atom is -0.478 e. The lowest BCUT2D eigenvalue weighted by atomic mass is 9.86. The monoisotopic (exact) mass is 231 g/mol. The fourth-order valence-corrected chi connectivity index (χ4v) is 2.07. The van der Waals surface area contributed by atoms with Crippen LogP contribution in [0.1, 0.15) is 42.4 Å². The molecule has 0 amide bonds. The van der Waals surface area contributed by atoms with Crippen molar-refractivity contribution in [2.24, 2.45) is 0 Å². The summed E-state index contributed by atoms with van der Waals surface area (Å²) < 4.78 is 0. The van der Waals surface area contributed by atoms with E-state index < -0.39 is 5.97 Å². The lowest BCUT2D eigenvalue weighted by molar-refractivity contribution is 0.0698. The minimum absolute atomic E-state index is 0.0230. The van der Waals surface area contributed by atoms with Crippen molar-refractivity contribution in [2.45, 2.75) is 33.1 Å². The third kappa shape index (κ3) is 1.93. The van der Waals surface area contributed by atoms with Crippen LogP contribution < -0.4 is 0 Å². The van der Waals surface area contributed by atoms with Crippen molar-refractivity contribution in [1.82, 2.24) is 4.98 Å². The number of hydrogen-bond acceptors (Lipinski definition) is 1. The van der Waals surface area contributed by atoms with Crippen molar-refractivity contribution in [3.63, 3.8) is 0 Å². The van der Waals surface area contributed by atoms with Crippen LogP contribution in [0.25, 0.3) is 10.9 Å². The van der Waals surface area contributed by atoms with Crippen LogP contribution in [0.15, 0.2) is 18.2 Å². The van der Waals surface area contributed by atoms with E-state index in [-0.39, 0.29) is 5.41 Å². The Morgan fingerprint density at radius 1 is 1.29 bits per heavy atom. The second kappa shape index (κ2) is 3.62. The first kappa shape index (κ1) is 11.7. The summed E-state index contributed by atoms with van der Waals surface area (Å²) in [7, 11) is 0. The molecule has 2 rings (SSSR count). The van der Waals surface area contributed by atoms with Crippen LogP contribution in [0, 0.1) is 6.92 Å². The summed E-state index contributed by atoms with van der Waals surface area (Å²) >= 11 is 0. The number of aromatic amines is 1. The molecular weight excluding hydrogens is 214 g/mol. The SMILES string of the molecule is Cc1[nH]c2ccc(C(C)(C)C)cc2c1C(=O)O. The number of nitrogens with one attached hydrogen (secondary N) is 1. The first-order valence-electron chi connectivity index (χ1n) is 5.67. The summed E-state index contributed by atoms with van der Waals surface area (Å²) in [6, 6.07) is 5.97. The van der Waals surface area contributed by atoms with E-state index in [0.717, 1.165) is 16.5 Å². The molecule has 17 heavy (non-hydrogen) atoms. The molecular formula is C14H17NO2. The second-order valence-corrected chi connectivity index (χ2v) is 5.44. The fourth-order valence-electron chi connectivity index (χ4n) is 2.07. The number of rotatable bonds is 1. The van der Waals surface area contributed by atoms with E-state index in [0.29, 0.717) is 11.3 Å². The average molecular weight is 231 g/mol. The van der Waals surface area contributed by atoms with E-state index in [2.05, 4.69) is 25.8 Å². The molecule has 0 atom stereocenters. The molecule has 0 saturated heterocycles. The van der Waals surface area contributed by atoms with Crippen LogP contribution in [-0.4, -0.2) is 16.1 Å². The van der Waals surface area contributed by atoms with E-state index in [4.69, 9.17) is 0 Å². The van der Waals surface area contributed by atoms with Gasteiger partial charge in [0.2, 0.25) is 0 Å². The van der Waals surface area contributed by atoms with Crippen LogP contribution in [0.5, 0.6) is 0 Å². The van der Waals surface area contributed by atoms with Gasteiger partial charge in [-0.05, 0) is 30.0 Å². The molecule has 0 fully saturated rings. The van der Waals surface area contributed by atoms with E-state index in [1.807, 2.05) is 18.2 Å². The van der Waals surface area contributed by atoms with Crippen molar-refractivity contribution < 1.29 is 9.90 Å². The predicted molar refractivity (Wildman–Crippen MR) is 68.7 cm³/mol. The standard InChI is InChI=1S/C14H17NO2/c1-8-12(13(16)17)10-7-9(14(2,3)4)5-6-11(10)15-8/h5-7,15H,1-4H3,(H,16,17). The molecule has 0 saturated carbocycles. The molecule has 0 spiro atoms. The van der Waals surface area contributed by atoms with Gasteiger partial charge in [-0.25, -0.2) is 4.79 Å². The largest absolute Gasteiger partial charge is 0.478 e. The number of H-pyrrole nitrogens is 1. The highest BCUT2D eigenvalue weighted by Gasteiger charge is 2.19. The molecule has 1 aromatic carbocycles. The molecule has 0 aliphatic rings. The van der Waals surface area contributed by atoms with E-state index in [1.54, 1.807) is 6.92 Å². The first-order valence-corrected chi connectivity index (χ1v) is 5.67. The molecule has 0 radical (unpaired) electrons. The number of aryl methyl sites for hydroxylation is 1. The normalized spacial score (nSPS) is 12.0. The second-order valence-electron chi connectivity index (χ2n) is 5.44. The highest BCUT2D eigenvalue weighted by molar-refractivity contribution is 6.04. The first-order chi connectivity index (χ1) is 7.80. The maximum absolute atomic E-state index is 11.2. The zero-order valence-corrected chi connectivity index (χ0v) is 10.6. The number of aromatic carboxylic acids is 1. The summed E-state index contributed by atoms with van der Waals surface area (Å²) in [6.45, 7) is 8.15. The third-order valence-electron chi connectivity index (χ3n) is 3.07. The van der Waals surface area contributed by atoms with Crippen molar-refractivity contribution in [3.8, 4) is 0 Å². The Kier molecular flexibility index (Phi) is 2.49. The highest BCUT2D eigenvalue weighted by atomic mass is 16.4. The fraction of sp³-hybridized carbons (Fsp3) is 0.357. The summed E-state index contributed by atoms with van der Waals surface area (Å²) in [5.74, 6) is -0.875. The number of hydrogen-bond donors (Lipinski definition) is 2. The van der Waals surface area contributed by atoms with E-state index >= 15 is 0 Å². The van der Waals surface area contributed by atoms with E-state index in [9.17, 15) is 9.90 Å². The molecule has 0 aliphatic heterocycles. The number of benzene rings is 1. The maximum atomic E-state index is 11.2. The van der Waals surface area contributed by atoms with Crippen molar-refractivity contribution in [3.05, 3.63) is 35.0 Å². The molecule has 0 unspecified atom stereocenters. The molecule has 2 N–H and O–H groups in total. The van der Waals surface area contributed by atoms with Crippen LogP contribution in [0.2, 0.25) is 0 Å². The summed E-state index contributed by atoms with van der Waals surface area (Å²) in [6.07, 6.45) is 0. The van der Waals surface area contributed by atoms with Gasteiger partial charge in [0.05, 0.1) is 5.56 Å². The highest BCUT2D eigenvalue weighted by Crippen LogP contribution is 2.29. The lowest BCUT2D eigenvalue weighted by Crippen LogP contribution is -2.10. The van der Waals surface area contributed by atoms with Crippen molar-refractivity contribution >= 4 is 16.9 Å². The van der Waals surface area contributed by atoms with Gasteiger partial charge in [-0.15, -0.1) is 0 Å². The van der Waals surface area contributed by atoms with Crippen molar-refractivity contribution in [1.29, 1.82) is 0 Å². The Morgan fingerprint density at radius 3 is 2.47 bits per heavy atom. The van der Waals surface area contributed by atoms with Gasteiger partial charge in [0.15, 0.2) is 0 Å². The Labute approximate surface area is 100 Å². The Bertz CT molecular complexity index is 588. The van der Waals surface area contributed by atoms with Crippen LogP contribution in [-0.2, 0) is 5.41 Å². The molecule has 1 heterocycles. The Hall–Kier alpha value is -1.77. The summed E-state index contributed by atoms with van der Waals surface area (Å²) in [5.41, 5.74) is 3.14. The third-order valence-corrected chi connectivity index (χ3v) is 3.07. The van der Waals surface area contributed by atoms with Crippen molar-refractivity contribution in [2.75, 3.05) is 0 Å². The topological polar surface area (TPSA) is 53.1 Å². The molecule has 90 valence electrons. The quantitative estimate of drug-likeness (QED) is 0.789. The molecule has 1 aromatic heterocycles. The zero-order valence-electron chi connectivity index (χ0n) is 10.6. The van der Waals surface area contributed by atoms with Crippen LogP contribution in [0.4, 0.5) is 0 Å². The molecule has 2 aromatic rings. The zero-order chi connectivity index (χ0) is 12.8. The summed E-state index contributed by atoms with van der Waals surface area (Å²) in [4.78, 5) is 14.3. The molecule has 3 heteroatoms. The van der Waals surface area contributed by atoms with Gasteiger partial charge in [0.1, 0.15) is 0 Å². The number of aromatic nitrogens is 1. The summed E-state index contributed by atoms with van der Waals surface area (Å²) in [5, 5.41) is 10.0. The maximum Gasteiger partial charge on any atom is 0.338 e. The number of carbonyl (C=O) groups is 1. The Balaban J connectivity index is 2.75. The number of carboxylic acids is 1. The molecule has 0 bridgehead atoms. The van der Waals surface area contributed by atoms with Crippen LogP contribution >= 0.6 is 0 Å². The number of carboxylic acid groups (broad SMARTS) is 1. The van der Waals surface area contributed by atoms with Gasteiger partial charge >= 0.3 is 5.97 Å². The Morgan fingerprint density at radius 2 is 1.94 bits per heavy atom. The lowest BCUT2D eigenvalue weighted by Gasteiger charge is -2.18. The van der Waals surface area contributed by atoms with Gasteiger partial charge in [0, 0.05) is 16.6 Å². The molecule has 0 aliphatic carbocycles. The number of fused-ring (bicyclic) bond motifs is 1. The minimum atomic E-state index is -0.875. The van der Waals surface area contributed by atoms with Gasteiger partial charge in [-0.1, -0.05) is 26.8 Å². The molecule has 3 nitrogen and oxygen atoms in total. The van der Waals surface area contributed by atoms with Gasteiger partial charge < -0.3 is 10.1 Å². The van der Waals surface area contributed by atoms with Gasteiger partial charge in [-0.3, -0.25) is 0 Å². The predicted octanol–water partition coefficient (Wildman–Crippen LogP) is 3.47. The van der Waals surface area contributed by atoms with Gasteiger partial charge in [0.25, 0.3) is 0 Å². The average Bonchev–Trinajstić information content (AvgIpc) is 2.50. The van der Waals surface area contributed by atoms with Crippen LogP contribution in [0.3, 0.4) is 0 Å².